The van der Waals surface area contributed by atoms with Gasteiger partial charge in [-0.05, 0) is 78.8 Å². The number of hydrogen-bond acceptors (Lipinski definition) is 2. The Hall–Kier alpha value is -0.860. The second-order valence-corrected chi connectivity index (χ2v) is 11.0. The summed E-state index contributed by atoms with van der Waals surface area (Å²) in [5.41, 5.74) is 3.88. The molecule has 0 saturated heterocycles. The van der Waals surface area contributed by atoms with Crippen LogP contribution in [0.1, 0.15) is 91.9 Å². The van der Waals surface area contributed by atoms with Crippen molar-refractivity contribution in [3.8, 4) is 0 Å². The Morgan fingerprint density at radius 2 is 1.90 bits per heavy atom. The van der Waals surface area contributed by atoms with Gasteiger partial charge in [0, 0.05) is 6.42 Å². The lowest BCUT2D eigenvalue weighted by molar-refractivity contribution is 0.0861. The van der Waals surface area contributed by atoms with E-state index in [9.17, 15) is 10.2 Å². The Labute approximate surface area is 179 Å². The van der Waals surface area contributed by atoms with Gasteiger partial charge in [-0.1, -0.05) is 71.3 Å². The highest BCUT2D eigenvalue weighted by molar-refractivity contribution is 5.38. The van der Waals surface area contributed by atoms with Crippen molar-refractivity contribution >= 4 is 0 Å². The molecule has 2 heteroatoms. The summed E-state index contributed by atoms with van der Waals surface area (Å²) in [7, 11) is 0. The summed E-state index contributed by atoms with van der Waals surface area (Å²) >= 11 is 0. The number of aliphatic hydroxyl groups excluding tert-OH is 2. The molecule has 2 N–H and O–H groups in total. The van der Waals surface area contributed by atoms with Crippen molar-refractivity contribution in [2.24, 2.45) is 29.1 Å². The first-order chi connectivity index (χ1) is 13.7. The van der Waals surface area contributed by atoms with E-state index in [0.717, 1.165) is 28.9 Å². The van der Waals surface area contributed by atoms with Crippen molar-refractivity contribution < 1.29 is 10.2 Å². The summed E-state index contributed by atoms with van der Waals surface area (Å²) in [4.78, 5) is 0. The van der Waals surface area contributed by atoms with Crippen LogP contribution in [0.25, 0.3) is 0 Å². The lowest BCUT2D eigenvalue weighted by atomic mass is 9.60. The second-order valence-electron chi connectivity index (χ2n) is 11.0. The SMILES string of the molecule is C=C1/C(=C\C=C2/CCC[C@@]3(C)C2CCC3C(C)CCCC(C)C)CC(O)C[C@@H]1O. The summed E-state index contributed by atoms with van der Waals surface area (Å²) in [6.07, 6.45) is 15.2. The minimum atomic E-state index is -0.595. The fourth-order valence-corrected chi connectivity index (χ4v) is 6.73. The molecular formula is C27H44O2. The van der Waals surface area contributed by atoms with Gasteiger partial charge in [-0.3, -0.25) is 0 Å². The minimum absolute atomic E-state index is 0.420. The molecular weight excluding hydrogens is 356 g/mol. The highest BCUT2D eigenvalue weighted by atomic mass is 16.3. The third-order valence-electron chi connectivity index (χ3n) is 8.43. The zero-order valence-corrected chi connectivity index (χ0v) is 19.3. The summed E-state index contributed by atoms with van der Waals surface area (Å²) in [6, 6.07) is 0. The third-order valence-corrected chi connectivity index (χ3v) is 8.43. The van der Waals surface area contributed by atoms with Crippen LogP contribution in [-0.2, 0) is 0 Å². The molecule has 0 aromatic carbocycles. The van der Waals surface area contributed by atoms with Gasteiger partial charge in [0.15, 0.2) is 0 Å². The van der Waals surface area contributed by atoms with Crippen molar-refractivity contribution in [2.75, 3.05) is 0 Å². The van der Waals surface area contributed by atoms with E-state index >= 15 is 0 Å². The maximum atomic E-state index is 10.1. The van der Waals surface area contributed by atoms with E-state index in [2.05, 4.69) is 46.4 Å². The third kappa shape index (κ3) is 5.07. The van der Waals surface area contributed by atoms with Crippen LogP contribution in [0, 0.1) is 29.1 Å². The van der Waals surface area contributed by atoms with Crippen molar-refractivity contribution in [3.63, 3.8) is 0 Å². The summed E-state index contributed by atoms with van der Waals surface area (Å²) in [6.45, 7) is 13.8. The molecule has 0 aromatic rings. The van der Waals surface area contributed by atoms with Gasteiger partial charge in [0.05, 0.1) is 12.2 Å². The first-order valence-electron chi connectivity index (χ1n) is 12.2. The molecule has 0 bridgehead atoms. The van der Waals surface area contributed by atoms with E-state index in [1.807, 2.05) is 0 Å². The molecule has 3 aliphatic rings. The van der Waals surface area contributed by atoms with Gasteiger partial charge in [0.25, 0.3) is 0 Å². The predicted octanol–water partition coefficient (Wildman–Crippen LogP) is 6.59. The lowest BCUT2D eigenvalue weighted by Gasteiger charge is -2.44. The molecule has 2 nitrogen and oxygen atoms in total. The van der Waals surface area contributed by atoms with Gasteiger partial charge in [0.2, 0.25) is 0 Å². The van der Waals surface area contributed by atoms with Crippen molar-refractivity contribution in [1.82, 2.24) is 0 Å². The average Bonchev–Trinajstić information content (AvgIpc) is 3.00. The number of aliphatic hydroxyl groups is 2. The number of rotatable bonds is 6. The van der Waals surface area contributed by atoms with Crippen LogP contribution in [-0.4, -0.2) is 22.4 Å². The average molecular weight is 401 g/mol. The smallest absolute Gasteiger partial charge is 0.0811 e. The summed E-state index contributed by atoms with van der Waals surface area (Å²) in [5, 5.41) is 20.2. The maximum absolute atomic E-state index is 10.1. The number of fused-ring (bicyclic) bond motifs is 1. The molecule has 3 aliphatic carbocycles. The van der Waals surface area contributed by atoms with E-state index in [1.54, 1.807) is 5.57 Å². The number of allylic oxidation sites excluding steroid dienone is 3. The second kappa shape index (κ2) is 9.52. The van der Waals surface area contributed by atoms with Crippen molar-refractivity contribution in [2.45, 2.75) is 104 Å². The molecule has 0 amide bonds. The standard InChI is InChI=1S/C27H44O2/c1-18(2)8-6-9-19(3)24-13-14-25-21(10-7-15-27(24,25)5)11-12-22-16-23(28)17-26(29)20(22)4/h11-12,18-19,23-26,28-29H,4,6-10,13-17H2,1-3,5H3/b21-11+,22-12-/t19?,23?,24?,25?,26-,27+/m0/s1. The van der Waals surface area contributed by atoms with Gasteiger partial charge < -0.3 is 10.2 Å². The molecule has 0 radical (unpaired) electrons. The molecule has 4 unspecified atom stereocenters. The van der Waals surface area contributed by atoms with Gasteiger partial charge in [-0.25, -0.2) is 0 Å². The first-order valence-corrected chi connectivity index (χ1v) is 12.2. The van der Waals surface area contributed by atoms with Gasteiger partial charge in [-0.2, -0.15) is 0 Å². The zero-order chi connectivity index (χ0) is 21.2. The Morgan fingerprint density at radius 3 is 2.62 bits per heavy atom. The molecule has 3 fully saturated rings. The molecule has 29 heavy (non-hydrogen) atoms. The van der Waals surface area contributed by atoms with Crippen LogP contribution in [0.2, 0.25) is 0 Å². The van der Waals surface area contributed by atoms with Crippen LogP contribution in [0.4, 0.5) is 0 Å². The van der Waals surface area contributed by atoms with Crippen LogP contribution in [0.15, 0.2) is 35.5 Å². The van der Waals surface area contributed by atoms with E-state index < -0.39 is 12.2 Å². The molecule has 0 aliphatic heterocycles. The summed E-state index contributed by atoms with van der Waals surface area (Å²) < 4.78 is 0. The fourth-order valence-electron chi connectivity index (χ4n) is 6.73. The Bertz CT molecular complexity index is 643. The molecule has 0 heterocycles. The van der Waals surface area contributed by atoms with Crippen LogP contribution in [0.5, 0.6) is 0 Å². The highest BCUT2D eigenvalue weighted by Gasteiger charge is 2.50. The van der Waals surface area contributed by atoms with E-state index in [-0.39, 0.29) is 0 Å². The van der Waals surface area contributed by atoms with Gasteiger partial charge >= 0.3 is 0 Å². The maximum Gasteiger partial charge on any atom is 0.0811 e. The van der Waals surface area contributed by atoms with E-state index in [4.69, 9.17) is 0 Å². The molecule has 164 valence electrons. The van der Waals surface area contributed by atoms with Gasteiger partial charge in [0.1, 0.15) is 0 Å². The van der Waals surface area contributed by atoms with Gasteiger partial charge in [-0.15, -0.1) is 0 Å². The first kappa shape index (κ1) is 22.8. The molecule has 6 atom stereocenters. The molecule has 0 aromatic heterocycles. The largest absolute Gasteiger partial charge is 0.393 e. The van der Waals surface area contributed by atoms with Crippen LogP contribution < -0.4 is 0 Å². The monoisotopic (exact) mass is 400 g/mol. The highest BCUT2D eigenvalue weighted by Crippen LogP contribution is 2.59. The minimum Gasteiger partial charge on any atom is -0.393 e. The van der Waals surface area contributed by atoms with Crippen LogP contribution >= 0.6 is 0 Å². The predicted molar refractivity (Wildman–Crippen MR) is 123 cm³/mol. The van der Waals surface area contributed by atoms with E-state index in [1.165, 1.54) is 51.4 Å². The fraction of sp³-hybridized carbons (Fsp3) is 0.778. The Kier molecular flexibility index (Phi) is 7.49. The Morgan fingerprint density at radius 1 is 1.14 bits per heavy atom. The van der Waals surface area contributed by atoms with Crippen LogP contribution in [0.3, 0.4) is 0 Å². The number of hydrogen-bond donors (Lipinski definition) is 2. The molecule has 3 rings (SSSR count). The molecule has 3 saturated carbocycles. The van der Waals surface area contributed by atoms with Crippen molar-refractivity contribution in [1.29, 1.82) is 0 Å². The Balaban J connectivity index is 1.71. The lowest BCUT2D eigenvalue weighted by Crippen LogP contribution is -2.36. The molecule has 0 spiro atoms. The zero-order valence-electron chi connectivity index (χ0n) is 19.3. The normalized spacial score (nSPS) is 39.3. The van der Waals surface area contributed by atoms with Crippen molar-refractivity contribution in [3.05, 3.63) is 35.5 Å². The van der Waals surface area contributed by atoms with E-state index in [0.29, 0.717) is 24.2 Å². The summed E-state index contributed by atoms with van der Waals surface area (Å²) in [5.74, 6) is 3.20. The topological polar surface area (TPSA) is 40.5 Å². The quantitative estimate of drug-likeness (QED) is 0.528.